The summed E-state index contributed by atoms with van der Waals surface area (Å²) in [6, 6.07) is 0. The molecule has 1 atom stereocenters. The van der Waals surface area contributed by atoms with Crippen LogP contribution >= 0.6 is 11.6 Å². The van der Waals surface area contributed by atoms with E-state index in [0.29, 0.717) is 5.88 Å². The van der Waals surface area contributed by atoms with Crippen LogP contribution in [0.3, 0.4) is 0 Å². The van der Waals surface area contributed by atoms with Crippen molar-refractivity contribution in [3.8, 4) is 0 Å². The number of hydrogen-bond donors (Lipinski definition) is 1. The van der Waals surface area contributed by atoms with Gasteiger partial charge < -0.3 is 5.32 Å². The summed E-state index contributed by atoms with van der Waals surface area (Å²) in [4.78, 5) is 10.6. The molecule has 2 nitrogen and oxygen atoms in total. The molecule has 0 aromatic carbocycles. The van der Waals surface area contributed by atoms with E-state index in [1.807, 2.05) is 0 Å². The Labute approximate surface area is 79.4 Å². The second kappa shape index (κ2) is 5.32. The Hall–Kier alpha value is -0.450. The molecule has 0 spiro atoms. The molecule has 6 heteroatoms. The standard InChI is InChI=1S/C7H11ClF3NO/c1-5(3-8)4-12-6(13)2-7(9,10)11/h5H,2-4H2,1H3,(H,12,13). The van der Waals surface area contributed by atoms with Gasteiger partial charge >= 0.3 is 6.18 Å². The molecule has 0 saturated carbocycles. The van der Waals surface area contributed by atoms with Gasteiger partial charge in [0.1, 0.15) is 6.42 Å². The second-order valence-electron chi connectivity index (χ2n) is 2.86. The first-order valence-corrected chi connectivity index (χ1v) is 4.28. The normalized spacial score (nSPS) is 13.9. The van der Waals surface area contributed by atoms with Crippen molar-refractivity contribution in [1.29, 1.82) is 0 Å². The molecule has 1 N–H and O–H groups in total. The maximum absolute atomic E-state index is 11.6. The summed E-state index contributed by atoms with van der Waals surface area (Å²) in [6.45, 7) is 1.92. The number of rotatable bonds is 4. The number of nitrogens with one attached hydrogen (secondary N) is 1. The number of alkyl halides is 4. The number of carbonyl (C=O) groups excluding carboxylic acids is 1. The molecule has 0 aliphatic heterocycles. The number of carbonyl (C=O) groups is 1. The molecule has 0 heterocycles. The summed E-state index contributed by atoms with van der Waals surface area (Å²) in [5.74, 6) is -0.713. The summed E-state index contributed by atoms with van der Waals surface area (Å²) in [7, 11) is 0. The highest BCUT2D eigenvalue weighted by Crippen LogP contribution is 2.18. The van der Waals surface area contributed by atoms with Crippen molar-refractivity contribution >= 4 is 17.5 Å². The second-order valence-corrected chi connectivity index (χ2v) is 3.16. The molecule has 13 heavy (non-hydrogen) atoms. The van der Waals surface area contributed by atoms with E-state index in [9.17, 15) is 18.0 Å². The van der Waals surface area contributed by atoms with E-state index in [1.165, 1.54) is 0 Å². The van der Waals surface area contributed by atoms with Crippen LogP contribution in [0.2, 0.25) is 0 Å². The number of amides is 1. The minimum Gasteiger partial charge on any atom is -0.356 e. The molecule has 0 aromatic rings. The first kappa shape index (κ1) is 12.6. The third-order valence-electron chi connectivity index (χ3n) is 1.27. The molecular formula is C7H11ClF3NO. The maximum Gasteiger partial charge on any atom is 0.397 e. The Bertz CT molecular complexity index is 172. The van der Waals surface area contributed by atoms with Crippen molar-refractivity contribution < 1.29 is 18.0 Å². The van der Waals surface area contributed by atoms with Crippen LogP contribution in [0.25, 0.3) is 0 Å². The predicted octanol–water partition coefficient (Wildman–Crippen LogP) is 1.93. The van der Waals surface area contributed by atoms with Gasteiger partial charge in [0.2, 0.25) is 5.91 Å². The Balaban J connectivity index is 3.64. The zero-order chi connectivity index (χ0) is 10.5. The Morgan fingerprint density at radius 1 is 1.54 bits per heavy atom. The van der Waals surface area contributed by atoms with Crippen LogP contribution in [-0.4, -0.2) is 24.5 Å². The molecule has 0 aliphatic carbocycles. The molecular weight excluding hydrogens is 207 g/mol. The van der Waals surface area contributed by atoms with Crippen molar-refractivity contribution in [2.24, 2.45) is 5.92 Å². The van der Waals surface area contributed by atoms with E-state index < -0.39 is 18.5 Å². The summed E-state index contributed by atoms with van der Waals surface area (Å²) >= 11 is 5.40. The fraction of sp³-hybridized carbons (Fsp3) is 0.857. The molecule has 0 saturated heterocycles. The van der Waals surface area contributed by atoms with E-state index >= 15 is 0 Å². The highest BCUT2D eigenvalue weighted by atomic mass is 35.5. The third-order valence-corrected chi connectivity index (χ3v) is 1.80. The first-order chi connectivity index (χ1) is 5.85. The smallest absolute Gasteiger partial charge is 0.356 e. The zero-order valence-electron chi connectivity index (χ0n) is 7.12. The molecule has 0 radical (unpaired) electrons. The topological polar surface area (TPSA) is 29.1 Å². The van der Waals surface area contributed by atoms with Gasteiger partial charge in [0.05, 0.1) is 0 Å². The maximum atomic E-state index is 11.6. The Morgan fingerprint density at radius 2 is 2.08 bits per heavy atom. The molecule has 0 rings (SSSR count). The van der Waals surface area contributed by atoms with E-state index in [4.69, 9.17) is 11.6 Å². The van der Waals surface area contributed by atoms with Crippen molar-refractivity contribution in [1.82, 2.24) is 5.32 Å². The van der Waals surface area contributed by atoms with Crippen LogP contribution in [0.4, 0.5) is 13.2 Å². The first-order valence-electron chi connectivity index (χ1n) is 3.74. The minimum atomic E-state index is -4.44. The average molecular weight is 218 g/mol. The van der Waals surface area contributed by atoms with Crippen LogP contribution in [-0.2, 0) is 4.79 Å². The van der Waals surface area contributed by atoms with Gasteiger partial charge in [-0.25, -0.2) is 0 Å². The van der Waals surface area contributed by atoms with Crippen LogP contribution in [0.15, 0.2) is 0 Å². The molecule has 0 bridgehead atoms. The fourth-order valence-corrected chi connectivity index (χ4v) is 0.696. The van der Waals surface area contributed by atoms with Gasteiger partial charge in [0.25, 0.3) is 0 Å². The van der Waals surface area contributed by atoms with E-state index in [2.05, 4.69) is 5.32 Å². The summed E-state index contributed by atoms with van der Waals surface area (Å²) < 4.78 is 34.9. The predicted molar refractivity (Wildman–Crippen MR) is 43.6 cm³/mol. The molecule has 1 unspecified atom stereocenters. The van der Waals surface area contributed by atoms with Gasteiger partial charge in [-0.3, -0.25) is 4.79 Å². The average Bonchev–Trinajstić information content (AvgIpc) is 1.97. The lowest BCUT2D eigenvalue weighted by atomic mass is 10.2. The van der Waals surface area contributed by atoms with Gasteiger partial charge in [-0.15, -0.1) is 11.6 Å². The SMILES string of the molecule is CC(CCl)CNC(=O)CC(F)(F)F. The zero-order valence-corrected chi connectivity index (χ0v) is 7.87. The third kappa shape index (κ3) is 7.90. The molecule has 0 aliphatic rings. The largest absolute Gasteiger partial charge is 0.397 e. The summed E-state index contributed by atoms with van der Waals surface area (Å²) in [5.41, 5.74) is 0. The molecule has 78 valence electrons. The van der Waals surface area contributed by atoms with Crippen molar-refractivity contribution in [3.63, 3.8) is 0 Å². The van der Waals surface area contributed by atoms with E-state index in [0.717, 1.165) is 0 Å². The van der Waals surface area contributed by atoms with Gasteiger partial charge in [-0.1, -0.05) is 6.92 Å². The molecule has 1 amide bonds. The fourth-order valence-electron chi connectivity index (χ4n) is 0.587. The quantitative estimate of drug-likeness (QED) is 0.717. The van der Waals surface area contributed by atoms with Crippen LogP contribution in [0.5, 0.6) is 0 Å². The molecule has 0 aromatic heterocycles. The Kier molecular flexibility index (Phi) is 5.13. The Morgan fingerprint density at radius 3 is 2.46 bits per heavy atom. The lowest BCUT2D eigenvalue weighted by Crippen LogP contribution is -2.32. The van der Waals surface area contributed by atoms with E-state index in [-0.39, 0.29) is 12.5 Å². The highest BCUT2D eigenvalue weighted by Gasteiger charge is 2.30. The van der Waals surface area contributed by atoms with Crippen LogP contribution in [0, 0.1) is 5.92 Å². The summed E-state index contributed by atoms with van der Waals surface area (Å²) in [5, 5.41) is 2.15. The molecule has 0 fully saturated rings. The van der Waals surface area contributed by atoms with Gasteiger partial charge in [-0.2, -0.15) is 13.2 Å². The minimum absolute atomic E-state index is 0.0150. The summed E-state index contributed by atoms with van der Waals surface area (Å²) in [6.07, 6.45) is -5.86. The van der Waals surface area contributed by atoms with Crippen LogP contribution in [0.1, 0.15) is 13.3 Å². The van der Waals surface area contributed by atoms with Gasteiger partial charge in [-0.05, 0) is 5.92 Å². The lowest BCUT2D eigenvalue weighted by molar-refractivity contribution is -0.153. The van der Waals surface area contributed by atoms with Crippen molar-refractivity contribution in [2.45, 2.75) is 19.5 Å². The van der Waals surface area contributed by atoms with Crippen molar-refractivity contribution in [2.75, 3.05) is 12.4 Å². The highest BCUT2D eigenvalue weighted by molar-refractivity contribution is 6.18. The van der Waals surface area contributed by atoms with Crippen molar-refractivity contribution in [3.05, 3.63) is 0 Å². The number of halogens is 4. The van der Waals surface area contributed by atoms with Gasteiger partial charge in [0.15, 0.2) is 0 Å². The van der Waals surface area contributed by atoms with E-state index in [1.54, 1.807) is 6.92 Å². The van der Waals surface area contributed by atoms with Crippen LogP contribution < -0.4 is 5.32 Å². The monoisotopic (exact) mass is 217 g/mol. The number of hydrogen-bond acceptors (Lipinski definition) is 1. The van der Waals surface area contributed by atoms with Gasteiger partial charge in [0, 0.05) is 12.4 Å². The lowest BCUT2D eigenvalue weighted by Gasteiger charge is -2.10.